The van der Waals surface area contributed by atoms with Gasteiger partial charge in [0, 0.05) is 18.0 Å². The molecule has 0 spiro atoms. The van der Waals surface area contributed by atoms with E-state index in [2.05, 4.69) is 17.2 Å². The number of benzene rings is 1. The van der Waals surface area contributed by atoms with Crippen molar-refractivity contribution in [1.82, 2.24) is 15.5 Å². The molecule has 1 aliphatic heterocycles. The fourth-order valence-corrected chi connectivity index (χ4v) is 4.43. The third-order valence-corrected chi connectivity index (χ3v) is 6.49. The molecule has 1 fully saturated rings. The highest BCUT2D eigenvalue weighted by Crippen LogP contribution is 2.33. The molecule has 2 rings (SSSR count). The molecule has 0 saturated carbocycles. The number of hydrogen-bond acceptors (Lipinski definition) is 4. The minimum absolute atomic E-state index is 0.108. The predicted molar refractivity (Wildman–Crippen MR) is 133 cm³/mol. The third kappa shape index (κ3) is 7.65. The highest BCUT2D eigenvalue weighted by Gasteiger charge is 2.51. The van der Waals surface area contributed by atoms with E-state index in [0.29, 0.717) is 12.1 Å². The minimum atomic E-state index is -3.22. The first kappa shape index (κ1) is 28.6. The maximum Gasteiger partial charge on any atom is 0.267 e. The second-order valence-corrected chi connectivity index (χ2v) is 9.92. The molecule has 0 radical (unpaired) electrons. The fourth-order valence-electron chi connectivity index (χ4n) is 4.25. The standard InChI is InChI=1S/C25H35ClF2N4O3/c1-6-7-15(4)20(10-14(2)3)31-23(34)21-12-25(27,28)13-32(21)24(35)16(5)30-22(33)17-8-9-19(29)18(26)11-17/h8-9,11,15-16,20-21H,2,6-7,10,12-13,29H2,1,3-5H3,(H,30,33)(H,31,34). The monoisotopic (exact) mass is 512 g/mol. The molecule has 0 aliphatic carbocycles. The van der Waals surface area contributed by atoms with E-state index in [1.54, 1.807) is 0 Å². The van der Waals surface area contributed by atoms with Crippen molar-refractivity contribution in [2.75, 3.05) is 12.3 Å². The summed E-state index contributed by atoms with van der Waals surface area (Å²) in [6.45, 7) is 10.3. The number of anilines is 1. The summed E-state index contributed by atoms with van der Waals surface area (Å²) >= 11 is 5.95. The fraction of sp³-hybridized carbons (Fsp3) is 0.560. The number of likely N-dealkylation sites (tertiary alicyclic amines) is 1. The Hall–Kier alpha value is -2.68. The van der Waals surface area contributed by atoms with Crippen LogP contribution in [0.2, 0.25) is 5.02 Å². The van der Waals surface area contributed by atoms with E-state index in [1.807, 2.05) is 20.8 Å². The lowest BCUT2D eigenvalue weighted by atomic mass is 9.92. The molecular weight excluding hydrogens is 478 g/mol. The molecule has 1 aromatic rings. The van der Waals surface area contributed by atoms with Gasteiger partial charge in [0.25, 0.3) is 11.8 Å². The van der Waals surface area contributed by atoms with E-state index in [4.69, 9.17) is 17.3 Å². The first-order chi connectivity index (χ1) is 16.3. The summed E-state index contributed by atoms with van der Waals surface area (Å²) in [5.74, 6) is -5.12. The smallest absolute Gasteiger partial charge is 0.267 e. The summed E-state index contributed by atoms with van der Waals surface area (Å²) < 4.78 is 28.7. The highest BCUT2D eigenvalue weighted by molar-refractivity contribution is 6.33. The van der Waals surface area contributed by atoms with Gasteiger partial charge >= 0.3 is 0 Å². The number of hydrogen-bond donors (Lipinski definition) is 3. The quantitative estimate of drug-likeness (QED) is 0.323. The molecule has 10 heteroatoms. The van der Waals surface area contributed by atoms with Crippen LogP contribution in [0.25, 0.3) is 0 Å². The molecule has 4 unspecified atom stereocenters. The number of nitrogens with zero attached hydrogens (tertiary/aromatic N) is 1. The van der Waals surface area contributed by atoms with E-state index >= 15 is 0 Å². The number of halogens is 3. The molecule has 0 bridgehead atoms. The van der Waals surface area contributed by atoms with Gasteiger partial charge < -0.3 is 21.3 Å². The Labute approximate surface area is 210 Å². The molecular formula is C25H35ClF2N4O3. The third-order valence-electron chi connectivity index (χ3n) is 6.16. The van der Waals surface area contributed by atoms with E-state index in [9.17, 15) is 23.2 Å². The van der Waals surface area contributed by atoms with Crippen molar-refractivity contribution in [3.8, 4) is 0 Å². The number of amides is 3. The van der Waals surface area contributed by atoms with Crippen molar-refractivity contribution in [1.29, 1.82) is 0 Å². The number of nitrogen functional groups attached to an aromatic ring is 1. The van der Waals surface area contributed by atoms with Gasteiger partial charge in [-0.1, -0.05) is 37.4 Å². The number of nitrogens with one attached hydrogen (secondary N) is 2. The van der Waals surface area contributed by atoms with E-state index < -0.39 is 48.7 Å². The van der Waals surface area contributed by atoms with Crippen LogP contribution in [0.15, 0.2) is 30.4 Å². The lowest BCUT2D eigenvalue weighted by molar-refractivity contribution is -0.140. The summed E-state index contributed by atoms with van der Waals surface area (Å²) in [6, 6.07) is 1.47. The number of rotatable bonds is 10. The van der Waals surface area contributed by atoms with Crippen molar-refractivity contribution in [2.24, 2.45) is 5.92 Å². The van der Waals surface area contributed by atoms with Crippen LogP contribution < -0.4 is 16.4 Å². The Morgan fingerprint density at radius 3 is 2.51 bits per heavy atom. The molecule has 1 heterocycles. The second-order valence-electron chi connectivity index (χ2n) is 9.52. The zero-order valence-corrected chi connectivity index (χ0v) is 21.4. The van der Waals surface area contributed by atoms with Crippen LogP contribution in [-0.2, 0) is 9.59 Å². The normalized spacial score (nSPS) is 19.5. The van der Waals surface area contributed by atoms with Gasteiger partial charge in [-0.3, -0.25) is 14.4 Å². The van der Waals surface area contributed by atoms with Crippen LogP contribution in [0.3, 0.4) is 0 Å². The Balaban J connectivity index is 2.16. The average Bonchev–Trinajstić information content (AvgIpc) is 3.09. The summed E-state index contributed by atoms with van der Waals surface area (Å²) in [5.41, 5.74) is 6.97. The van der Waals surface area contributed by atoms with Gasteiger partial charge in [-0.15, -0.1) is 6.58 Å². The summed E-state index contributed by atoms with van der Waals surface area (Å²) in [4.78, 5) is 39.6. The molecule has 7 nitrogen and oxygen atoms in total. The van der Waals surface area contributed by atoms with Crippen molar-refractivity contribution in [2.45, 2.75) is 77.4 Å². The molecule has 4 atom stereocenters. The second kappa shape index (κ2) is 11.8. The summed E-state index contributed by atoms with van der Waals surface area (Å²) in [7, 11) is 0. The Morgan fingerprint density at radius 2 is 1.94 bits per heavy atom. The van der Waals surface area contributed by atoms with Crippen LogP contribution >= 0.6 is 11.6 Å². The van der Waals surface area contributed by atoms with Crippen LogP contribution in [0.5, 0.6) is 0 Å². The molecule has 0 aromatic heterocycles. The molecule has 3 amide bonds. The minimum Gasteiger partial charge on any atom is -0.398 e. The summed E-state index contributed by atoms with van der Waals surface area (Å²) in [6.07, 6.45) is 1.49. The lowest BCUT2D eigenvalue weighted by Crippen LogP contribution is -2.54. The van der Waals surface area contributed by atoms with Crippen molar-refractivity contribution in [3.05, 3.63) is 40.9 Å². The Bertz CT molecular complexity index is 972. The predicted octanol–water partition coefficient (Wildman–Crippen LogP) is 4.16. The molecule has 194 valence electrons. The maximum atomic E-state index is 14.4. The van der Waals surface area contributed by atoms with Gasteiger partial charge in [0.05, 0.1) is 17.3 Å². The van der Waals surface area contributed by atoms with Crippen molar-refractivity contribution >= 4 is 35.0 Å². The van der Waals surface area contributed by atoms with E-state index in [0.717, 1.165) is 23.3 Å². The highest BCUT2D eigenvalue weighted by atomic mass is 35.5. The zero-order chi connectivity index (χ0) is 26.5. The first-order valence-electron chi connectivity index (χ1n) is 11.7. The Kier molecular flexibility index (Phi) is 9.66. The van der Waals surface area contributed by atoms with Gasteiger partial charge in [-0.2, -0.15) is 0 Å². The number of alkyl halides is 2. The van der Waals surface area contributed by atoms with Gasteiger partial charge in [-0.25, -0.2) is 8.78 Å². The molecule has 4 N–H and O–H groups in total. The Morgan fingerprint density at radius 1 is 1.29 bits per heavy atom. The van der Waals surface area contributed by atoms with Gasteiger partial charge in [0.15, 0.2) is 0 Å². The molecule has 1 aromatic carbocycles. The van der Waals surface area contributed by atoms with E-state index in [-0.39, 0.29) is 22.5 Å². The maximum absolute atomic E-state index is 14.4. The van der Waals surface area contributed by atoms with Crippen LogP contribution in [0.4, 0.5) is 14.5 Å². The van der Waals surface area contributed by atoms with Crippen LogP contribution in [-0.4, -0.2) is 53.2 Å². The average molecular weight is 513 g/mol. The SMILES string of the molecule is C=C(C)CC(NC(=O)C1CC(F)(F)CN1C(=O)C(C)NC(=O)c1ccc(N)c(Cl)c1)C(C)CCC. The molecule has 1 aliphatic rings. The van der Waals surface area contributed by atoms with Crippen molar-refractivity contribution in [3.63, 3.8) is 0 Å². The number of carbonyl (C=O) groups is 3. The first-order valence-corrected chi connectivity index (χ1v) is 12.1. The van der Waals surface area contributed by atoms with Gasteiger partial charge in [0.1, 0.15) is 12.1 Å². The van der Waals surface area contributed by atoms with E-state index in [1.165, 1.54) is 25.1 Å². The van der Waals surface area contributed by atoms with Crippen molar-refractivity contribution < 1.29 is 23.2 Å². The number of nitrogens with two attached hydrogens (primary N) is 1. The number of carbonyl (C=O) groups excluding carboxylic acids is 3. The molecule has 35 heavy (non-hydrogen) atoms. The van der Waals surface area contributed by atoms with Gasteiger partial charge in [0.2, 0.25) is 11.8 Å². The van der Waals surface area contributed by atoms with Crippen LogP contribution in [0, 0.1) is 5.92 Å². The topological polar surface area (TPSA) is 105 Å². The largest absolute Gasteiger partial charge is 0.398 e. The summed E-state index contributed by atoms with van der Waals surface area (Å²) in [5, 5.41) is 5.54. The molecule has 1 saturated heterocycles. The lowest BCUT2D eigenvalue weighted by Gasteiger charge is -2.30. The van der Waals surface area contributed by atoms with Crippen LogP contribution in [0.1, 0.15) is 63.7 Å². The van der Waals surface area contributed by atoms with Gasteiger partial charge in [-0.05, 0) is 50.8 Å². The zero-order valence-electron chi connectivity index (χ0n) is 20.7.